The number of nitrogens with one attached hydrogen (secondary N) is 3. The normalized spacial score (nSPS) is 19.8. The highest BCUT2D eigenvalue weighted by Gasteiger charge is 2.35. The zero-order valence-electron chi connectivity index (χ0n) is 20.1. The average molecular weight is 493 g/mol. The van der Waals surface area contributed by atoms with Crippen LogP contribution in [0.5, 0.6) is 0 Å². The van der Waals surface area contributed by atoms with Gasteiger partial charge in [0.1, 0.15) is 5.60 Å². The van der Waals surface area contributed by atoms with Crippen molar-refractivity contribution in [2.24, 2.45) is 0 Å². The number of likely N-dealkylation sites (tertiary alicyclic amines) is 1. The van der Waals surface area contributed by atoms with E-state index in [2.05, 4.69) is 20.9 Å². The second kappa shape index (κ2) is 11.1. The number of rotatable bonds is 6. The molecule has 2 aliphatic rings. The molecule has 0 aromatic heterocycles. The van der Waals surface area contributed by atoms with E-state index < -0.39 is 23.7 Å². The molecule has 0 spiro atoms. The SMILES string of the molecule is CCOC(=O)C1=C(CN2CCC(NC(=O)OC(C)(C)C)CC2)NC(=O)NC1c1ccc(Cl)cc1. The van der Waals surface area contributed by atoms with Crippen molar-refractivity contribution >= 4 is 29.7 Å². The van der Waals surface area contributed by atoms with E-state index in [1.807, 2.05) is 20.8 Å². The first-order valence-electron chi connectivity index (χ1n) is 11.5. The lowest BCUT2D eigenvalue weighted by molar-refractivity contribution is -0.139. The van der Waals surface area contributed by atoms with Crippen LogP contribution in [0, 0.1) is 0 Å². The topological polar surface area (TPSA) is 109 Å². The smallest absolute Gasteiger partial charge is 0.407 e. The maximum atomic E-state index is 12.9. The minimum absolute atomic E-state index is 0.00837. The van der Waals surface area contributed by atoms with Crippen molar-refractivity contribution in [2.75, 3.05) is 26.2 Å². The molecule has 3 amide bonds. The third kappa shape index (κ3) is 7.11. The fourth-order valence-corrected chi connectivity index (χ4v) is 4.16. The summed E-state index contributed by atoms with van der Waals surface area (Å²) in [7, 11) is 0. The molecule has 2 heterocycles. The van der Waals surface area contributed by atoms with Crippen LogP contribution in [0.15, 0.2) is 35.5 Å². The van der Waals surface area contributed by atoms with Crippen LogP contribution >= 0.6 is 11.6 Å². The monoisotopic (exact) mass is 492 g/mol. The lowest BCUT2D eigenvalue weighted by Crippen LogP contribution is -2.50. The molecule has 3 N–H and O–H groups in total. The molecule has 1 unspecified atom stereocenters. The van der Waals surface area contributed by atoms with Crippen molar-refractivity contribution < 1.29 is 23.9 Å². The van der Waals surface area contributed by atoms with Gasteiger partial charge < -0.3 is 25.4 Å². The molecule has 1 aromatic carbocycles. The summed E-state index contributed by atoms with van der Waals surface area (Å²) in [6, 6.07) is 5.98. The van der Waals surface area contributed by atoms with E-state index in [0.29, 0.717) is 35.9 Å². The molecular weight excluding hydrogens is 460 g/mol. The zero-order valence-corrected chi connectivity index (χ0v) is 20.8. The van der Waals surface area contributed by atoms with Crippen LogP contribution < -0.4 is 16.0 Å². The molecule has 1 aromatic rings. The van der Waals surface area contributed by atoms with E-state index in [0.717, 1.165) is 18.4 Å². The van der Waals surface area contributed by atoms with Crippen molar-refractivity contribution in [1.82, 2.24) is 20.9 Å². The highest BCUT2D eigenvalue weighted by Crippen LogP contribution is 2.29. The van der Waals surface area contributed by atoms with Crippen molar-refractivity contribution in [2.45, 2.75) is 58.2 Å². The summed E-state index contributed by atoms with van der Waals surface area (Å²) < 4.78 is 10.7. The summed E-state index contributed by atoms with van der Waals surface area (Å²) in [6.45, 7) is 9.21. The number of carbonyl (C=O) groups is 3. The first-order valence-corrected chi connectivity index (χ1v) is 11.9. The van der Waals surface area contributed by atoms with Gasteiger partial charge in [-0.3, -0.25) is 4.90 Å². The van der Waals surface area contributed by atoms with Gasteiger partial charge in [0.25, 0.3) is 0 Å². The van der Waals surface area contributed by atoms with Crippen molar-refractivity contribution in [1.29, 1.82) is 0 Å². The van der Waals surface area contributed by atoms with Crippen LogP contribution in [-0.4, -0.2) is 60.9 Å². The van der Waals surface area contributed by atoms with E-state index in [9.17, 15) is 14.4 Å². The summed E-state index contributed by atoms with van der Waals surface area (Å²) in [4.78, 5) is 39.6. The molecule has 34 heavy (non-hydrogen) atoms. The first kappa shape index (κ1) is 25.8. The van der Waals surface area contributed by atoms with E-state index in [4.69, 9.17) is 21.1 Å². The molecule has 1 atom stereocenters. The Morgan fingerprint density at radius 1 is 1.18 bits per heavy atom. The van der Waals surface area contributed by atoms with Crippen LogP contribution in [0.3, 0.4) is 0 Å². The number of esters is 1. The lowest BCUT2D eigenvalue weighted by atomic mass is 9.94. The van der Waals surface area contributed by atoms with Crippen LogP contribution in [0.4, 0.5) is 9.59 Å². The van der Waals surface area contributed by atoms with Crippen LogP contribution in [0.2, 0.25) is 5.02 Å². The second-order valence-electron chi connectivity index (χ2n) is 9.39. The van der Waals surface area contributed by atoms with Crippen LogP contribution in [0.1, 0.15) is 52.1 Å². The van der Waals surface area contributed by atoms with Gasteiger partial charge in [0.2, 0.25) is 0 Å². The first-order chi connectivity index (χ1) is 16.1. The minimum Gasteiger partial charge on any atom is -0.463 e. The molecule has 1 saturated heterocycles. The molecule has 0 aliphatic carbocycles. The van der Waals surface area contributed by atoms with Crippen molar-refractivity contribution in [3.8, 4) is 0 Å². The molecule has 10 heteroatoms. The summed E-state index contributed by atoms with van der Waals surface area (Å²) in [5.74, 6) is -0.480. The number of hydrogen-bond donors (Lipinski definition) is 3. The highest BCUT2D eigenvalue weighted by atomic mass is 35.5. The average Bonchev–Trinajstić information content (AvgIpc) is 2.74. The van der Waals surface area contributed by atoms with Gasteiger partial charge in [-0.1, -0.05) is 23.7 Å². The molecule has 2 aliphatic heterocycles. The summed E-state index contributed by atoms with van der Waals surface area (Å²) in [6.07, 6.45) is 1.04. The Kier molecular flexibility index (Phi) is 8.43. The number of piperidine rings is 1. The largest absolute Gasteiger partial charge is 0.463 e. The van der Waals surface area contributed by atoms with E-state index in [1.54, 1.807) is 31.2 Å². The summed E-state index contributed by atoms with van der Waals surface area (Å²) in [5.41, 5.74) is 1.08. The predicted octanol–water partition coefficient (Wildman–Crippen LogP) is 3.50. The Morgan fingerprint density at radius 2 is 1.82 bits per heavy atom. The van der Waals surface area contributed by atoms with Gasteiger partial charge in [0, 0.05) is 36.4 Å². The number of hydrogen-bond acceptors (Lipinski definition) is 6. The number of alkyl carbamates (subject to hydrolysis) is 1. The molecule has 1 fully saturated rings. The van der Waals surface area contributed by atoms with Gasteiger partial charge in [-0.2, -0.15) is 0 Å². The Bertz CT molecular complexity index is 934. The second-order valence-corrected chi connectivity index (χ2v) is 9.83. The van der Waals surface area contributed by atoms with Gasteiger partial charge >= 0.3 is 18.1 Å². The van der Waals surface area contributed by atoms with E-state index in [1.165, 1.54) is 0 Å². The maximum Gasteiger partial charge on any atom is 0.407 e. The lowest BCUT2D eigenvalue weighted by Gasteiger charge is -2.35. The molecule has 9 nitrogen and oxygen atoms in total. The fraction of sp³-hybridized carbons (Fsp3) is 0.542. The van der Waals surface area contributed by atoms with E-state index >= 15 is 0 Å². The number of amides is 3. The Morgan fingerprint density at radius 3 is 2.41 bits per heavy atom. The third-order valence-corrected chi connectivity index (χ3v) is 5.79. The number of urea groups is 1. The third-order valence-electron chi connectivity index (χ3n) is 5.54. The number of carbonyl (C=O) groups excluding carboxylic acids is 3. The molecule has 0 bridgehead atoms. The van der Waals surface area contributed by atoms with Gasteiger partial charge in [-0.25, -0.2) is 14.4 Å². The van der Waals surface area contributed by atoms with Gasteiger partial charge in [0.05, 0.1) is 18.2 Å². The Balaban J connectivity index is 1.73. The van der Waals surface area contributed by atoms with Crippen molar-refractivity contribution in [3.05, 3.63) is 46.1 Å². The van der Waals surface area contributed by atoms with Crippen molar-refractivity contribution in [3.63, 3.8) is 0 Å². The quantitative estimate of drug-likeness (QED) is 0.524. The molecule has 0 radical (unpaired) electrons. The summed E-state index contributed by atoms with van der Waals surface area (Å²) >= 11 is 6.02. The summed E-state index contributed by atoms with van der Waals surface area (Å²) in [5, 5.41) is 9.11. The minimum atomic E-state index is -0.647. The molecule has 0 saturated carbocycles. The number of halogens is 1. The Hall–Kier alpha value is -2.78. The fourth-order valence-electron chi connectivity index (χ4n) is 4.03. The van der Waals surface area contributed by atoms with Crippen LogP contribution in [0.25, 0.3) is 0 Å². The predicted molar refractivity (Wildman–Crippen MR) is 128 cm³/mol. The Labute approximate surface area is 205 Å². The zero-order chi connectivity index (χ0) is 24.9. The van der Waals surface area contributed by atoms with Gasteiger partial charge in [0.15, 0.2) is 0 Å². The van der Waals surface area contributed by atoms with Gasteiger partial charge in [-0.15, -0.1) is 0 Å². The molecule has 186 valence electrons. The van der Waals surface area contributed by atoms with Gasteiger partial charge in [-0.05, 0) is 58.2 Å². The highest BCUT2D eigenvalue weighted by molar-refractivity contribution is 6.30. The maximum absolute atomic E-state index is 12.9. The van der Waals surface area contributed by atoms with Crippen LogP contribution in [-0.2, 0) is 14.3 Å². The van der Waals surface area contributed by atoms with E-state index in [-0.39, 0.29) is 18.7 Å². The molecule has 3 rings (SSSR count). The number of ether oxygens (including phenoxy) is 2. The number of benzene rings is 1. The molecular formula is C24H33ClN4O5. The number of nitrogens with zero attached hydrogens (tertiary/aromatic N) is 1. The standard InChI is InChI=1S/C24H33ClN4O5/c1-5-33-21(30)19-18(27-22(31)28-20(19)15-6-8-16(25)9-7-15)14-29-12-10-17(11-13-29)26-23(32)34-24(2,3)4/h6-9,17,20H,5,10-14H2,1-4H3,(H,26,32)(H2,27,28,31).